The normalized spacial score (nSPS) is 10.3. The second kappa shape index (κ2) is 11.1. The summed E-state index contributed by atoms with van der Waals surface area (Å²) in [5, 5.41) is 12.9. The second-order valence-corrected chi connectivity index (χ2v) is 4.23. The summed E-state index contributed by atoms with van der Waals surface area (Å²) >= 11 is 0. The molecule has 0 atom stereocenters. The molecule has 0 unspecified atom stereocenters. The SMILES string of the molecule is CCOC(=O)c1cc([N+](=O)[O-])c(NCC(F)F)cc1F.NCC(F)F. The van der Waals surface area contributed by atoms with Crippen molar-refractivity contribution in [2.45, 2.75) is 19.8 Å². The van der Waals surface area contributed by atoms with E-state index in [0.29, 0.717) is 12.1 Å². The summed E-state index contributed by atoms with van der Waals surface area (Å²) in [5.74, 6) is -2.15. The van der Waals surface area contributed by atoms with Gasteiger partial charge < -0.3 is 15.8 Å². The summed E-state index contributed by atoms with van der Waals surface area (Å²) in [7, 11) is 0. The highest BCUT2D eigenvalue weighted by Crippen LogP contribution is 2.28. The first-order valence-corrected chi connectivity index (χ1v) is 6.79. The number of benzene rings is 1. The van der Waals surface area contributed by atoms with Gasteiger partial charge in [0.1, 0.15) is 17.1 Å². The van der Waals surface area contributed by atoms with E-state index in [9.17, 15) is 36.9 Å². The average molecular weight is 373 g/mol. The number of anilines is 1. The van der Waals surface area contributed by atoms with Gasteiger partial charge in [0.15, 0.2) is 0 Å². The number of nitro groups is 1. The molecule has 142 valence electrons. The highest BCUT2D eigenvalue weighted by Gasteiger charge is 2.23. The largest absolute Gasteiger partial charge is 0.462 e. The predicted molar refractivity (Wildman–Crippen MR) is 78.6 cm³/mol. The third-order valence-corrected chi connectivity index (χ3v) is 2.40. The number of ether oxygens (including phenoxy) is 1. The molecule has 0 spiro atoms. The van der Waals surface area contributed by atoms with Crippen LogP contribution in [0.15, 0.2) is 12.1 Å². The minimum atomic E-state index is -2.76. The molecule has 12 heteroatoms. The molecule has 0 heterocycles. The van der Waals surface area contributed by atoms with Crippen molar-refractivity contribution in [3.63, 3.8) is 0 Å². The molecule has 0 saturated heterocycles. The molecular formula is C13H16F5N3O4. The van der Waals surface area contributed by atoms with Crippen molar-refractivity contribution in [2.24, 2.45) is 5.73 Å². The number of nitro benzene ring substituents is 1. The van der Waals surface area contributed by atoms with E-state index in [1.54, 1.807) is 0 Å². The number of alkyl halides is 4. The summed E-state index contributed by atoms with van der Waals surface area (Å²) in [4.78, 5) is 21.3. The molecule has 0 radical (unpaired) electrons. The highest BCUT2D eigenvalue weighted by atomic mass is 19.3. The Kier molecular flexibility index (Phi) is 10.0. The molecule has 0 saturated carbocycles. The second-order valence-electron chi connectivity index (χ2n) is 4.23. The number of nitrogens with one attached hydrogen (secondary N) is 1. The molecule has 0 aliphatic heterocycles. The van der Waals surface area contributed by atoms with Crippen LogP contribution in [0.25, 0.3) is 0 Å². The molecule has 25 heavy (non-hydrogen) atoms. The molecule has 0 aliphatic rings. The lowest BCUT2D eigenvalue weighted by molar-refractivity contribution is -0.384. The maximum atomic E-state index is 13.6. The van der Waals surface area contributed by atoms with Crippen LogP contribution in [0.2, 0.25) is 0 Å². The van der Waals surface area contributed by atoms with Crippen molar-refractivity contribution in [2.75, 3.05) is 25.0 Å². The minimum absolute atomic E-state index is 0.0303. The summed E-state index contributed by atoms with van der Waals surface area (Å²) < 4.78 is 63.6. The van der Waals surface area contributed by atoms with E-state index in [1.165, 1.54) is 6.92 Å². The molecule has 7 nitrogen and oxygen atoms in total. The van der Waals surface area contributed by atoms with Crippen molar-refractivity contribution >= 4 is 17.3 Å². The van der Waals surface area contributed by atoms with Crippen molar-refractivity contribution in [1.29, 1.82) is 0 Å². The molecule has 3 N–H and O–H groups in total. The van der Waals surface area contributed by atoms with Crippen molar-refractivity contribution in [3.05, 3.63) is 33.6 Å². The van der Waals surface area contributed by atoms with Gasteiger partial charge >= 0.3 is 5.97 Å². The number of nitrogens with two attached hydrogens (primary N) is 1. The molecule has 0 bridgehead atoms. The summed E-state index contributed by atoms with van der Waals surface area (Å²) in [6, 6.07) is 1.27. The summed E-state index contributed by atoms with van der Waals surface area (Å²) in [6.07, 6.45) is -5.10. The van der Waals surface area contributed by atoms with E-state index in [-0.39, 0.29) is 6.61 Å². The van der Waals surface area contributed by atoms with Gasteiger partial charge in [-0.3, -0.25) is 10.1 Å². The van der Waals surface area contributed by atoms with Crippen LogP contribution in [0.4, 0.5) is 33.3 Å². The first kappa shape index (κ1) is 22.5. The Bertz CT molecular complexity index is 587. The van der Waals surface area contributed by atoms with E-state index in [4.69, 9.17) is 0 Å². The van der Waals surface area contributed by atoms with Crippen LogP contribution < -0.4 is 11.1 Å². The van der Waals surface area contributed by atoms with Gasteiger partial charge in [-0.2, -0.15) is 0 Å². The topological polar surface area (TPSA) is 107 Å². The molecule has 0 aromatic heterocycles. The maximum Gasteiger partial charge on any atom is 0.341 e. The Morgan fingerprint density at radius 3 is 2.28 bits per heavy atom. The lowest BCUT2D eigenvalue weighted by Gasteiger charge is -2.09. The van der Waals surface area contributed by atoms with Crippen LogP contribution in [0, 0.1) is 15.9 Å². The number of hydrogen-bond donors (Lipinski definition) is 2. The monoisotopic (exact) mass is 373 g/mol. The van der Waals surface area contributed by atoms with Gasteiger partial charge in [-0.1, -0.05) is 0 Å². The first-order valence-electron chi connectivity index (χ1n) is 6.79. The zero-order valence-corrected chi connectivity index (χ0v) is 13.0. The quantitative estimate of drug-likeness (QED) is 0.329. The van der Waals surface area contributed by atoms with Gasteiger partial charge in [-0.25, -0.2) is 26.7 Å². The number of carbonyl (C=O) groups is 1. The lowest BCUT2D eigenvalue weighted by atomic mass is 10.1. The van der Waals surface area contributed by atoms with Crippen LogP contribution in [0.5, 0.6) is 0 Å². The Labute approximate surface area is 139 Å². The number of hydrogen-bond acceptors (Lipinski definition) is 6. The highest BCUT2D eigenvalue weighted by molar-refractivity contribution is 5.91. The molecule has 0 amide bonds. The number of esters is 1. The number of rotatable bonds is 7. The van der Waals surface area contributed by atoms with E-state index in [2.05, 4.69) is 10.5 Å². The van der Waals surface area contributed by atoms with Crippen LogP contribution >= 0.6 is 0 Å². The standard InChI is InChI=1S/C11H11F3N2O4.C2H5F2N/c1-2-20-11(17)6-3-9(16(18)19)8(4-7(6)12)15-5-10(13)14;3-2(4)1-5/h3-4,10,15H,2,5H2,1H3;2H,1,5H2. The zero-order chi connectivity index (χ0) is 19.6. The maximum absolute atomic E-state index is 13.6. The number of halogens is 5. The third-order valence-electron chi connectivity index (χ3n) is 2.40. The Morgan fingerprint density at radius 1 is 1.32 bits per heavy atom. The van der Waals surface area contributed by atoms with Gasteiger partial charge in [0.05, 0.1) is 24.6 Å². The molecule has 0 fully saturated rings. The molecular weight excluding hydrogens is 357 g/mol. The molecule has 1 aromatic carbocycles. The van der Waals surface area contributed by atoms with E-state index >= 15 is 0 Å². The fraction of sp³-hybridized carbons (Fsp3) is 0.462. The van der Waals surface area contributed by atoms with E-state index in [1.807, 2.05) is 5.32 Å². The van der Waals surface area contributed by atoms with E-state index in [0.717, 1.165) is 0 Å². The van der Waals surface area contributed by atoms with Gasteiger partial charge in [-0.15, -0.1) is 0 Å². The van der Waals surface area contributed by atoms with Gasteiger partial charge in [0.2, 0.25) is 0 Å². The summed E-state index contributed by atoms with van der Waals surface area (Å²) in [6.45, 7) is 0.0548. The first-order chi connectivity index (χ1) is 11.6. The van der Waals surface area contributed by atoms with Crippen LogP contribution in [0.3, 0.4) is 0 Å². The fourth-order valence-electron chi connectivity index (χ4n) is 1.41. The molecule has 1 aromatic rings. The zero-order valence-electron chi connectivity index (χ0n) is 13.0. The fourth-order valence-corrected chi connectivity index (χ4v) is 1.41. The Morgan fingerprint density at radius 2 is 1.88 bits per heavy atom. The average Bonchev–Trinajstić information content (AvgIpc) is 2.53. The van der Waals surface area contributed by atoms with Gasteiger partial charge in [-0.05, 0) is 6.92 Å². The summed E-state index contributed by atoms with van der Waals surface area (Å²) in [5.41, 5.74) is 2.68. The van der Waals surface area contributed by atoms with Crippen molar-refractivity contribution in [1.82, 2.24) is 0 Å². The lowest BCUT2D eigenvalue weighted by Crippen LogP contribution is -2.13. The van der Waals surface area contributed by atoms with Crippen LogP contribution in [-0.2, 0) is 4.74 Å². The molecule has 1 rings (SSSR count). The van der Waals surface area contributed by atoms with Crippen LogP contribution in [-0.4, -0.2) is 43.4 Å². The van der Waals surface area contributed by atoms with Crippen molar-refractivity contribution in [3.8, 4) is 0 Å². The third kappa shape index (κ3) is 8.24. The van der Waals surface area contributed by atoms with Crippen LogP contribution in [0.1, 0.15) is 17.3 Å². The number of nitrogens with zero attached hydrogens (tertiary/aromatic N) is 1. The van der Waals surface area contributed by atoms with Gasteiger partial charge in [0, 0.05) is 12.1 Å². The minimum Gasteiger partial charge on any atom is -0.462 e. The predicted octanol–water partition coefficient (Wildman–Crippen LogP) is 2.80. The van der Waals surface area contributed by atoms with Gasteiger partial charge in [0.25, 0.3) is 18.5 Å². The Balaban J connectivity index is 0.00000101. The smallest absolute Gasteiger partial charge is 0.341 e. The molecule has 0 aliphatic carbocycles. The number of carbonyl (C=O) groups excluding carboxylic acids is 1. The van der Waals surface area contributed by atoms with Crippen molar-refractivity contribution < 1.29 is 36.4 Å². The Hall–Kier alpha value is -2.50. The van der Waals surface area contributed by atoms with E-state index < -0.39 is 59.6 Å².